The third-order valence-electron chi connectivity index (χ3n) is 23.0. The minimum atomic E-state index is -0.827. The lowest BCUT2D eigenvalue weighted by Crippen LogP contribution is -2.62. The van der Waals surface area contributed by atoms with Crippen LogP contribution in [0.25, 0.3) is 100 Å². The van der Waals surface area contributed by atoms with Gasteiger partial charge in [0, 0.05) is 45.0 Å². The van der Waals surface area contributed by atoms with Crippen molar-refractivity contribution in [2.24, 2.45) is 0 Å². The van der Waals surface area contributed by atoms with Crippen LogP contribution in [0.4, 0.5) is 34.1 Å². The zero-order valence-corrected chi connectivity index (χ0v) is 61.8. The molecular weight excluding hydrogens is 1300 g/mol. The summed E-state index contributed by atoms with van der Waals surface area (Å²) in [6.07, 6.45) is 0. The van der Waals surface area contributed by atoms with E-state index in [1.165, 1.54) is 83.1 Å². The predicted molar refractivity (Wildman–Crippen MR) is 459 cm³/mol. The zero-order valence-electron chi connectivity index (χ0n) is 61.8. The van der Waals surface area contributed by atoms with Crippen LogP contribution < -0.4 is 26.2 Å². The van der Waals surface area contributed by atoms with Crippen LogP contribution in [0.15, 0.2) is 382 Å². The van der Waals surface area contributed by atoms with E-state index in [1.807, 2.05) is 0 Å². The van der Waals surface area contributed by atoms with Gasteiger partial charge in [-0.15, -0.1) is 0 Å². The molecule has 0 spiro atoms. The Balaban J connectivity index is 1.01. The highest BCUT2D eigenvalue weighted by atomic mass is 15.2. The van der Waals surface area contributed by atoms with Crippen LogP contribution in [0, 0.1) is 0 Å². The number of anilines is 6. The van der Waals surface area contributed by atoms with Gasteiger partial charge in [-0.25, -0.2) is 0 Å². The van der Waals surface area contributed by atoms with E-state index in [1.54, 1.807) is 0 Å². The van der Waals surface area contributed by atoms with E-state index >= 15 is 0 Å². The molecule has 2 nitrogen and oxygen atoms in total. The van der Waals surface area contributed by atoms with E-state index in [-0.39, 0.29) is 17.5 Å². The SMILES string of the molecule is CC(C)(C)c1ccc2c(c1)B1c3cc(C(C)(C)C)ccc3N(c3c(-c4cccc(-c5ccccc5)c4)cccc3-c3cccc(-c4ccccc4)c3)c3cc(C4(c5ccccc5)c5ccccc5-c5ccccc54)cc(c31)N2c1c(-c2cccc(-c3ccccc3)c2)cccc1-c1cccc(-c2ccccc2)c1. The first-order valence-electron chi connectivity index (χ1n) is 38.1. The molecule has 0 bridgehead atoms. The summed E-state index contributed by atoms with van der Waals surface area (Å²) in [5.41, 5.74) is 37.6. The highest BCUT2D eigenvalue weighted by Crippen LogP contribution is 2.60. The third kappa shape index (κ3) is 11.1. The Morgan fingerprint density at radius 2 is 0.500 bits per heavy atom. The number of benzene rings is 16. The van der Waals surface area contributed by atoms with Gasteiger partial charge in [0.15, 0.2) is 0 Å². The van der Waals surface area contributed by atoms with Crippen molar-refractivity contribution < 1.29 is 0 Å². The second kappa shape index (κ2) is 26.3. The summed E-state index contributed by atoms with van der Waals surface area (Å²) in [6, 6.07) is 145. The van der Waals surface area contributed by atoms with E-state index in [0.29, 0.717) is 0 Å². The normalized spacial score (nSPS) is 13.1. The minimum absolute atomic E-state index is 0.204. The molecule has 0 radical (unpaired) electrons. The van der Waals surface area contributed by atoms with E-state index in [4.69, 9.17) is 0 Å². The maximum atomic E-state index is 2.75. The molecule has 0 unspecified atom stereocenters. The molecule has 2 aliphatic heterocycles. The molecule has 16 aromatic carbocycles. The van der Waals surface area contributed by atoms with Gasteiger partial charge in [-0.3, -0.25) is 0 Å². The van der Waals surface area contributed by atoms with Gasteiger partial charge < -0.3 is 9.80 Å². The molecule has 0 N–H and O–H groups in total. The lowest BCUT2D eigenvalue weighted by molar-refractivity contribution is 0.590. The zero-order chi connectivity index (χ0) is 72.8. The molecule has 0 aromatic heterocycles. The molecule has 108 heavy (non-hydrogen) atoms. The second-order valence-electron chi connectivity index (χ2n) is 31.5. The maximum Gasteiger partial charge on any atom is 0.252 e. The fourth-order valence-corrected chi connectivity index (χ4v) is 17.8. The molecule has 3 aliphatic rings. The van der Waals surface area contributed by atoms with Crippen LogP contribution in [0.3, 0.4) is 0 Å². The van der Waals surface area contributed by atoms with Crippen molar-refractivity contribution in [2.45, 2.75) is 57.8 Å². The smallest absolute Gasteiger partial charge is 0.252 e. The molecule has 0 atom stereocenters. The highest BCUT2D eigenvalue weighted by molar-refractivity contribution is 7.00. The van der Waals surface area contributed by atoms with Gasteiger partial charge in [0.1, 0.15) is 0 Å². The number of nitrogens with zero attached hydrogens (tertiary/aromatic N) is 2. The molecule has 2 heterocycles. The molecule has 19 rings (SSSR count). The van der Waals surface area contributed by atoms with E-state index in [9.17, 15) is 0 Å². The molecule has 0 amide bonds. The average Bonchev–Trinajstić information content (AvgIpc) is 1.31. The predicted octanol–water partition coefficient (Wildman–Crippen LogP) is 26.1. The molecule has 3 heteroatoms. The number of fused-ring (bicyclic) bond motifs is 7. The summed E-state index contributed by atoms with van der Waals surface area (Å²) < 4.78 is 0. The van der Waals surface area contributed by atoms with Crippen LogP contribution >= 0.6 is 0 Å². The lowest BCUT2D eigenvalue weighted by Gasteiger charge is -2.47. The standard InChI is InChI=1S/C105H81BN2/c1-103(2,3)83-58-60-96-94(66-83)106-95-67-84(104(4,5)6)59-61-97(95)108(102-88(80-46-28-42-76(64-80)72-36-16-9-17-37-72)54-31-55-89(102)81-47-29-43-77(65-81)73-38-18-10-19-39-73)99-69-85(105(82-48-20-11-21-49-82)92-56-24-22-50-90(92)91-51-23-25-57-93(91)105)68-98(100(99)106)107(96)101-86(78-44-26-40-74(62-78)70-32-12-7-13-33-70)52-30-53-87(101)79-45-27-41-75(63-79)71-34-14-8-15-35-71/h7-69H,1-6H3. The number of hydrogen-bond donors (Lipinski definition) is 0. The van der Waals surface area contributed by atoms with Crippen molar-refractivity contribution in [3.63, 3.8) is 0 Å². The Bertz CT molecular complexity index is 5590. The van der Waals surface area contributed by atoms with Crippen molar-refractivity contribution >= 4 is 57.2 Å². The van der Waals surface area contributed by atoms with Crippen LogP contribution in [-0.4, -0.2) is 6.71 Å². The van der Waals surface area contributed by atoms with Gasteiger partial charge in [0.05, 0.1) is 16.8 Å². The van der Waals surface area contributed by atoms with Crippen LogP contribution in [0.1, 0.15) is 74.9 Å². The highest BCUT2D eigenvalue weighted by Gasteiger charge is 2.51. The van der Waals surface area contributed by atoms with Crippen molar-refractivity contribution in [3.8, 4) is 100 Å². The van der Waals surface area contributed by atoms with Gasteiger partial charge in [-0.2, -0.15) is 0 Å². The average molecular weight is 1380 g/mol. The summed E-state index contributed by atoms with van der Waals surface area (Å²) in [6.45, 7) is 14.0. The van der Waals surface area contributed by atoms with Crippen molar-refractivity contribution in [2.75, 3.05) is 9.80 Å². The first kappa shape index (κ1) is 65.9. The first-order chi connectivity index (χ1) is 52.8. The molecular formula is C105H81BN2. The molecule has 1 aliphatic carbocycles. The molecule has 0 saturated heterocycles. The van der Waals surface area contributed by atoms with Gasteiger partial charge in [0.2, 0.25) is 0 Å². The molecule has 16 aromatic rings. The molecule has 0 saturated carbocycles. The fourth-order valence-electron chi connectivity index (χ4n) is 17.8. The topological polar surface area (TPSA) is 6.48 Å². The summed E-state index contributed by atoms with van der Waals surface area (Å²) in [7, 11) is 0. The third-order valence-corrected chi connectivity index (χ3v) is 23.0. The Morgan fingerprint density at radius 3 is 0.833 bits per heavy atom. The Kier molecular flexibility index (Phi) is 16.1. The monoisotopic (exact) mass is 1380 g/mol. The van der Waals surface area contributed by atoms with Gasteiger partial charge in [-0.1, -0.05) is 375 Å². The number of hydrogen-bond acceptors (Lipinski definition) is 2. The Labute approximate surface area is 636 Å². The largest absolute Gasteiger partial charge is 0.310 e. The quantitative estimate of drug-likeness (QED) is 0.113. The van der Waals surface area contributed by atoms with Crippen LogP contribution in [0.2, 0.25) is 0 Å². The van der Waals surface area contributed by atoms with Crippen molar-refractivity contribution in [3.05, 3.63) is 416 Å². The van der Waals surface area contributed by atoms with Crippen molar-refractivity contribution in [1.29, 1.82) is 0 Å². The van der Waals surface area contributed by atoms with Gasteiger partial charge in [0.25, 0.3) is 6.71 Å². The van der Waals surface area contributed by atoms with Crippen LogP contribution in [0.5, 0.6) is 0 Å². The lowest BCUT2D eigenvalue weighted by atomic mass is 9.33. The summed E-state index contributed by atoms with van der Waals surface area (Å²) in [4.78, 5) is 5.49. The number of para-hydroxylation sites is 2. The molecule has 514 valence electrons. The first-order valence-corrected chi connectivity index (χ1v) is 38.1. The molecule has 0 fully saturated rings. The second-order valence-corrected chi connectivity index (χ2v) is 31.5. The Hall–Kier alpha value is -12.8. The van der Waals surface area contributed by atoms with Crippen molar-refractivity contribution in [1.82, 2.24) is 0 Å². The Morgan fingerprint density at radius 1 is 0.222 bits per heavy atom. The summed E-state index contributed by atoms with van der Waals surface area (Å²) in [5, 5.41) is 0. The van der Waals surface area contributed by atoms with Gasteiger partial charge >= 0.3 is 0 Å². The van der Waals surface area contributed by atoms with E-state index in [0.717, 1.165) is 101 Å². The maximum absolute atomic E-state index is 2.75. The summed E-state index contributed by atoms with van der Waals surface area (Å²) in [5.74, 6) is 0. The van der Waals surface area contributed by atoms with Crippen LogP contribution in [-0.2, 0) is 16.2 Å². The fraction of sp³-hybridized carbons (Fsp3) is 0.0857. The van der Waals surface area contributed by atoms with Gasteiger partial charge in [-0.05, 0) is 187 Å². The van der Waals surface area contributed by atoms with E-state index in [2.05, 4.69) is 434 Å². The minimum Gasteiger partial charge on any atom is -0.310 e. The van der Waals surface area contributed by atoms with E-state index < -0.39 is 5.41 Å². The number of rotatable bonds is 12. The summed E-state index contributed by atoms with van der Waals surface area (Å²) >= 11 is 0.